The van der Waals surface area contributed by atoms with Crippen LogP contribution in [0.15, 0.2) is 35.3 Å². The van der Waals surface area contributed by atoms with Crippen molar-refractivity contribution >= 4 is 5.96 Å². The highest BCUT2D eigenvalue weighted by molar-refractivity contribution is 5.79. The summed E-state index contributed by atoms with van der Waals surface area (Å²) in [6.07, 6.45) is 6.49. The van der Waals surface area contributed by atoms with Gasteiger partial charge in [-0.3, -0.25) is 9.89 Å². The van der Waals surface area contributed by atoms with Gasteiger partial charge < -0.3 is 10.6 Å². The molecule has 4 heteroatoms. The van der Waals surface area contributed by atoms with E-state index in [1.54, 1.807) is 0 Å². The third kappa shape index (κ3) is 4.97. The fraction of sp³-hybridized carbons (Fsp3) is 0.650. The topological polar surface area (TPSA) is 39.7 Å². The summed E-state index contributed by atoms with van der Waals surface area (Å²) >= 11 is 0. The van der Waals surface area contributed by atoms with Gasteiger partial charge in [0.2, 0.25) is 0 Å². The van der Waals surface area contributed by atoms with E-state index in [4.69, 9.17) is 0 Å². The van der Waals surface area contributed by atoms with E-state index in [0.717, 1.165) is 31.5 Å². The number of benzene rings is 1. The Balaban J connectivity index is 1.40. The van der Waals surface area contributed by atoms with E-state index in [0.29, 0.717) is 12.1 Å². The van der Waals surface area contributed by atoms with Crippen molar-refractivity contribution in [3.8, 4) is 0 Å². The maximum absolute atomic E-state index is 4.38. The molecule has 4 nitrogen and oxygen atoms in total. The Kier molecular flexibility index (Phi) is 6.13. The first-order valence-corrected chi connectivity index (χ1v) is 9.52. The Morgan fingerprint density at radius 1 is 1.17 bits per heavy atom. The van der Waals surface area contributed by atoms with E-state index in [9.17, 15) is 0 Å². The van der Waals surface area contributed by atoms with Crippen LogP contribution in [0, 0.1) is 5.92 Å². The van der Waals surface area contributed by atoms with Gasteiger partial charge in [-0.05, 0) is 37.7 Å². The number of guanidine groups is 1. The van der Waals surface area contributed by atoms with Gasteiger partial charge in [0.05, 0.1) is 0 Å². The molecule has 0 bridgehead atoms. The highest BCUT2D eigenvalue weighted by Crippen LogP contribution is 2.31. The second kappa shape index (κ2) is 8.52. The number of aliphatic imine (C=N–C) groups is 1. The molecular weight excluding hydrogens is 296 g/mol. The van der Waals surface area contributed by atoms with Crippen LogP contribution in [0.2, 0.25) is 0 Å². The average molecular weight is 329 g/mol. The zero-order chi connectivity index (χ0) is 16.8. The van der Waals surface area contributed by atoms with E-state index in [1.165, 1.54) is 37.7 Å². The number of piperidine rings is 1. The van der Waals surface area contributed by atoms with Crippen molar-refractivity contribution in [1.29, 1.82) is 0 Å². The second-order valence-corrected chi connectivity index (χ2v) is 7.27. The molecule has 0 spiro atoms. The van der Waals surface area contributed by atoms with Crippen LogP contribution in [0.25, 0.3) is 0 Å². The van der Waals surface area contributed by atoms with E-state index >= 15 is 0 Å². The van der Waals surface area contributed by atoms with Crippen LogP contribution in [-0.4, -0.2) is 43.6 Å². The maximum Gasteiger partial charge on any atom is 0.191 e. The lowest BCUT2D eigenvalue weighted by Crippen LogP contribution is -2.49. The van der Waals surface area contributed by atoms with Crippen LogP contribution in [0.5, 0.6) is 0 Å². The monoisotopic (exact) mass is 328 g/mol. The zero-order valence-corrected chi connectivity index (χ0v) is 15.2. The van der Waals surface area contributed by atoms with Crippen LogP contribution < -0.4 is 10.6 Å². The standard InChI is InChI=1S/C20H32N4/c1-16(18-6-4-3-5-7-18)24-14-11-19(12-15-24)23-20(21-2)22-13-10-17-8-9-17/h3-7,16-17,19H,8-15H2,1-2H3,(H2,21,22,23). The minimum absolute atomic E-state index is 0.503. The first-order valence-electron chi connectivity index (χ1n) is 9.52. The number of hydrogen-bond donors (Lipinski definition) is 2. The van der Waals surface area contributed by atoms with Crippen molar-refractivity contribution in [2.24, 2.45) is 10.9 Å². The van der Waals surface area contributed by atoms with Gasteiger partial charge in [-0.2, -0.15) is 0 Å². The zero-order valence-electron chi connectivity index (χ0n) is 15.2. The highest BCUT2D eigenvalue weighted by Gasteiger charge is 2.24. The summed E-state index contributed by atoms with van der Waals surface area (Å²) in [6.45, 7) is 5.66. The lowest BCUT2D eigenvalue weighted by molar-refractivity contribution is 0.158. The molecule has 1 saturated carbocycles. The SMILES string of the molecule is CN=C(NCCC1CC1)NC1CCN(C(C)c2ccccc2)CC1. The Morgan fingerprint density at radius 3 is 2.50 bits per heavy atom. The molecule has 1 heterocycles. The summed E-state index contributed by atoms with van der Waals surface area (Å²) in [5.74, 6) is 1.95. The van der Waals surface area contributed by atoms with Gasteiger partial charge in [-0.15, -0.1) is 0 Å². The molecule has 1 atom stereocenters. The van der Waals surface area contributed by atoms with Crippen LogP contribution in [0.1, 0.15) is 50.6 Å². The number of nitrogens with one attached hydrogen (secondary N) is 2. The molecule has 0 radical (unpaired) electrons. The molecule has 0 amide bonds. The molecule has 1 unspecified atom stereocenters. The van der Waals surface area contributed by atoms with Crippen LogP contribution >= 0.6 is 0 Å². The van der Waals surface area contributed by atoms with Crippen LogP contribution in [0.4, 0.5) is 0 Å². The van der Waals surface area contributed by atoms with Gasteiger partial charge in [0.25, 0.3) is 0 Å². The second-order valence-electron chi connectivity index (χ2n) is 7.27. The minimum atomic E-state index is 0.503. The van der Waals surface area contributed by atoms with E-state index in [2.05, 4.69) is 57.8 Å². The molecule has 2 aliphatic rings. The molecule has 2 N–H and O–H groups in total. The highest BCUT2D eigenvalue weighted by atomic mass is 15.2. The Morgan fingerprint density at radius 2 is 1.88 bits per heavy atom. The van der Waals surface area contributed by atoms with Crippen LogP contribution in [-0.2, 0) is 0 Å². The van der Waals surface area contributed by atoms with E-state index in [1.807, 2.05) is 7.05 Å². The molecule has 1 aromatic rings. The summed E-state index contributed by atoms with van der Waals surface area (Å²) < 4.78 is 0. The van der Waals surface area contributed by atoms with E-state index < -0.39 is 0 Å². The number of hydrogen-bond acceptors (Lipinski definition) is 2. The molecule has 1 aliphatic heterocycles. The van der Waals surface area contributed by atoms with Crippen molar-refractivity contribution in [3.63, 3.8) is 0 Å². The van der Waals surface area contributed by atoms with Gasteiger partial charge in [-0.1, -0.05) is 43.2 Å². The Labute approximate surface area is 146 Å². The third-order valence-corrected chi connectivity index (χ3v) is 5.47. The largest absolute Gasteiger partial charge is 0.356 e. The van der Waals surface area contributed by atoms with Crippen molar-refractivity contribution in [2.75, 3.05) is 26.7 Å². The first kappa shape index (κ1) is 17.3. The molecule has 132 valence electrons. The number of nitrogens with zero attached hydrogens (tertiary/aromatic N) is 2. The first-order chi connectivity index (χ1) is 11.8. The predicted molar refractivity (Wildman–Crippen MR) is 101 cm³/mol. The molecule has 1 aliphatic carbocycles. The normalized spacial score (nSPS) is 21.5. The lowest BCUT2D eigenvalue weighted by Gasteiger charge is -2.37. The summed E-state index contributed by atoms with van der Waals surface area (Å²) in [6, 6.07) is 11.9. The summed E-state index contributed by atoms with van der Waals surface area (Å²) in [5, 5.41) is 7.08. The van der Waals surface area contributed by atoms with Crippen molar-refractivity contribution in [3.05, 3.63) is 35.9 Å². The Hall–Kier alpha value is -1.55. The van der Waals surface area contributed by atoms with Crippen LogP contribution in [0.3, 0.4) is 0 Å². The van der Waals surface area contributed by atoms with Gasteiger partial charge in [0.15, 0.2) is 5.96 Å². The maximum atomic E-state index is 4.38. The molecule has 3 rings (SSSR count). The fourth-order valence-electron chi connectivity index (χ4n) is 3.56. The molecule has 2 fully saturated rings. The average Bonchev–Trinajstić information content (AvgIpc) is 3.46. The summed E-state index contributed by atoms with van der Waals surface area (Å²) in [4.78, 5) is 6.98. The molecule has 0 aromatic heterocycles. The smallest absolute Gasteiger partial charge is 0.191 e. The van der Waals surface area contributed by atoms with E-state index in [-0.39, 0.29) is 0 Å². The minimum Gasteiger partial charge on any atom is -0.356 e. The lowest BCUT2D eigenvalue weighted by atomic mass is 10.0. The van der Waals surface area contributed by atoms with Gasteiger partial charge in [0, 0.05) is 38.8 Å². The molecule has 24 heavy (non-hydrogen) atoms. The fourth-order valence-corrected chi connectivity index (χ4v) is 3.56. The van der Waals surface area contributed by atoms with Gasteiger partial charge in [0.1, 0.15) is 0 Å². The summed E-state index contributed by atoms with van der Waals surface area (Å²) in [5.41, 5.74) is 1.42. The summed E-state index contributed by atoms with van der Waals surface area (Å²) in [7, 11) is 1.87. The molecule has 1 aromatic carbocycles. The number of rotatable bonds is 6. The Bertz CT molecular complexity index is 516. The van der Waals surface area contributed by atoms with Crippen molar-refractivity contribution in [1.82, 2.24) is 15.5 Å². The van der Waals surface area contributed by atoms with Gasteiger partial charge >= 0.3 is 0 Å². The quantitative estimate of drug-likeness (QED) is 0.622. The van der Waals surface area contributed by atoms with Crippen molar-refractivity contribution < 1.29 is 0 Å². The van der Waals surface area contributed by atoms with Crippen molar-refractivity contribution in [2.45, 2.75) is 51.1 Å². The molecule has 1 saturated heterocycles. The predicted octanol–water partition coefficient (Wildman–Crippen LogP) is 3.18. The van der Waals surface area contributed by atoms with Gasteiger partial charge in [-0.25, -0.2) is 0 Å². The number of likely N-dealkylation sites (tertiary alicyclic amines) is 1. The third-order valence-electron chi connectivity index (χ3n) is 5.47. The molecular formula is C20H32N4.